The average molecular weight is 354 g/mol. The number of rotatable bonds is 7. The summed E-state index contributed by atoms with van der Waals surface area (Å²) in [6.45, 7) is 8.10. The van der Waals surface area contributed by atoms with E-state index in [2.05, 4.69) is 26.1 Å². The highest BCUT2D eigenvalue weighted by molar-refractivity contribution is 5.79. The van der Waals surface area contributed by atoms with E-state index in [1.807, 2.05) is 0 Å². The zero-order valence-corrected chi connectivity index (χ0v) is 16.1. The van der Waals surface area contributed by atoms with Gasteiger partial charge in [0.05, 0.1) is 5.41 Å². The van der Waals surface area contributed by atoms with Gasteiger partial charge in [-0.15, -0.1) is 0 Å². The fourth-order valence-corrected chi connectivity index (χ4v) is 4.27. The number of aliphatic carboxylic acids is 1. The molecule has 0 bridgehead atoms. The summed E-state index contributed by atoms with van der Waals surface area (Å²) in [6.07, 6.45) is 7.30. The Balaban J connectivity index is 1.76. The minimum absolute atomic E-state index is 0.00492. The SMILES string of the molecule is CCC(C)(C)C1CCC(CC(=O)NCC2(C(=O)O)CCOCC2)CC1. The third kappa shape index (κ3) is 5.19. The van der Waals surface area contributed by atoms with Gasteiger partial charge in [-0.25, -0.2) is 0 Å². The number of carboxylic acids is 1. The maximum atomic E-state index is 12.3. The number of amides is 1. The number of carbonyl (C=O) groups excluding carboxylic acids is 1. The van der Waals surface area contributed by atoms with Crippen molar-refractivity contribution in [3.05, 3.63) is 0 Å². The van der Waals surface area contributed by atoms with Gasteiger partial charge in [-0.3, -0.25) is 9.59 Å². The van der Waals surface area contributed by atoms with E-state index >= 15 is 0 Å². The summed E-state index contributed by atoms with van der Waals surface area (Å²) in [5, 5.41) is 12.4. The minimum Gasteiger partial charge on any atom is -0.481 e. The van der Waals surface area contributed by atoms with E-state index in [-0.39, 0.29) is 12.5 Å². The Bertz CT molecular complexity index is 460. The number of carbonyl (C=O) groups is 2. The fourth-order valence-electron chi connectivity index (χ4n) is 4.27. The molecule has 0 aromatic carbocycles. The van der Waals surface area contributed by atoms with Gasteiger partial charge in [0, 0.05) is 26.2 Å². The second kappa shape index (κ2) is 8.52. The fraction of sp³-hybridized carbons (Fsp3) is 0.900. The predicted octanol–water partition coefficient (Wildman–Crippen LogP) is 3.62. The van der Waals surface area contributed by atoms with Crippen LogP contribution in [-0.2, 0) is 14.3 Å². The van der Waals surface area contributed by atoms with Crippen molar-refractivity contribution in [2.45, 2.75) is 72.1 Å². The van der Waals surface area contributed by atoms with Crippen LogP contribution in [-0.4, -0.2) is 36.7 Å². The highest BCUT2D eigenvalue weighted by atomic mass is 16.5. The van der Waals surface area contributed by atoms with Crippen LogP contribution in [0.15, 0.2) is 0 Å². The third-order valence-electron chi connectivity index (χ3n) is 6.86. The normalized spacial score (nSPS) is 26.8. The number of nitrogens with one attached hydrogen (secondary N) is 1. The average Bonchev–Trinajstić information content (AvgIpc) is 2.61. The number of hydrogen-bond acceptors (Lipinski definition) is 3. The maximum Gasteiger partial charge on any atom is 0.311 e. The molecule has 0 radical (unpaired) electrons. The molecule has 2 rings (SSSR count). The zero-order chi connectivity index (χ0) is 18.5. The van der Waals surface area contributed by atoms with Crippen LogP contribution in [0.2, 0.25) is 0 Å². The monoisotopic (exact) mass is 353 g/mol. The summed E-state index contributed by atoms with van der Waals surface area (Å²) in [6, 6.07) is 0. The van der Waals surface area contributed by atoms with Gasteiger partial charge in [0.15, 0.2) is 0 Å². The number of ether oxygens (including phenoxy) is 1. The van der Waals surface area contributed by atoms with Gasteiger partial charge in [0.25, 0.3) is 0 Å². The second-order valence-electron chi connectivity index (χ2n) is 8.74. The van der Waals surface area contributed by atoms with Gasteiger partial charge in [0.1, 0.15) is 0 Å². The Labute approximate surface area is 151 Å². The molecule has 2 N–H and O–H groups in total. The van der Waals surface area contributed by atoms with Crippen molar-refractivity contribution in [2.24, 2.45) is 22.7 Å². The first-order valence-corrected chi connectivity index (χ1v) is 9.87. The first kappa shape index (κ1) is 20.2. The highest BCUT2D eigenvalue weighted by Crippen LogP contribution is 2.42. The van der Waals surface area contributed by atoms with Crippen LogP contribution in [0.3, 0.4) is 0 Å². The summed E-state index contributed by atoms with van der Waals surface area (Å²) in [5.74, 6) is 0.387. The smallest absolute Gasteiger partial charge is 0.311 e. The molecule has 144 valence electrons. The molecule has 1 aliphatic heterocycles. The largest absolute Gasteiger partial charge is 0.481 e. The van der Waals surface area contributed by atoms with E-state index in [1.165, 1.54) is 19.3 Å². The van der Waals surface area contributed by atoms with E-state index in [0.717, 1.165) is 18.8 Å². The molecule has 0 aromatic heterocycles. The van der Waals surface area contributed by atoms with Crippen molar-refractivity contribution in [3.8, 4) is 0 Å². The minimum atomic E-state index is -0.850. The molecule has 1 amide bonds. The summed E-state index contributed by atoms with van der Waals surface area (Å²) in [7, 11) is 0. The Kier molecular flexibility index (Phi) is 6.89. The Morgan fingerprint density at radius 2 is 1.76 bits per heavy atom. The molecule has 1 saturated heterocycles. The molecule has 25 heavy (non-hydrogen) atoms. The number of hydrogen-bond donors (Lipinski definition) is 2. The lowest BCUT2D eigenvalue weighted by atomic mass is 9.67. The summed E-state index contributed by atoms with van der Waals surface area (Å²) in [4.78, 5) is 23.9. The van der Waals surface area contributed by atoms with Crippen LogP contribution in [0, 0.1) is 22.7 Å². The van der Waals surface area contributed by atoms with Gasteiger partial charge in [-0.05, 0) is 55.8 Å². The molecule has 2 fully saturated rings. The summed E-state index contributed by atoms with van der Waals surface area (Å²) < 4.78 is 5.27. The topological polar surface area (TPSA) is 75.6 Å². The Hall–Kier alpha value is -1.10. The molecule has 1 saturated carbocycles. The molecule has 0 aromatic rings. The molecular weight excluding hydrogens is 318 g/mol. The van der Waals surface area contributed by atoms with Gasteiger partial charge in [-0.1, -0.05) is 27.2 Å². The van der Waals surface area contributed by atoms with Crippen molar-refractivity contribution in [1.82, 2.24) is 5.32 Å². The van der Waals surface area contributed by atoms with Crippen LogP contribution in [0.1, 0.15) is 72.1 Å². The van der Waals surface area contributed by atoms with E-state index in [4.69, 9.17) is 4.74 Å². The lowest BCUT2D eigenvalue weighted by Gasteiger charge is -2.39. The predicted molar refractivity (Wildman–Crippen MR) is 97.3 cm³/mol. The van der Waals surface area contributed by atoms with E-state index < -0.39 is 11.4 Å². The van der Waals surface area contributed by atoms with Crippen molar-refractivity contribution in [3.63, 3.8) is 0 Å². The van der Waals surface area contributed by atoms with Gasteiger partial charge >= 0.3 is 5.97 Å². The molecule has 5 heteroatoms. The van der Waals surface area contributed by atoms with Crippen LogP contribution in [0.25, 0.3) is 0 Å². The molecule has 0 spiro atoms. The third-order valence-corrected chi connectivity index (χ3v) is 6.86. The molecular formula is C20H35NO4. The quantitative estimate of drug-likeness (QED) is 0.733. The van der Waals surface area contributed by atoms with E-state index in [0.29, 0.717) is 43.8 Å². The van der Waals surface area contributed by atoms with E-state index in [1.54, 1.807) is 0 Å². The van der Waals surface area contributed by atoms with Crippen molar-refractivity contribution in [1.29, 1.82) is 0 Å². The highest BCUT2D eigenvalue weighted by Gasteiger charge is 2.40. The Morgan fingerprint density at radius 3 is 2.28 bits per heavy atom. The summed E-state index contributed by atoms with van der Waals surface area (Å²) in [5.41, 5.74) is -0.457. The lowest BCUT2D eigenvalue weighted by Crippen LogP contribution is -2.46. The molecule has 0 atom stereocenters. The number of carboxylic acid groups (broad SMARTS) is 1. The van der Waals surface area contributed by atoms with Gasteiger partial charge in [0.2, 0.25) is 5.91 Å². The molecule has 1 aliphatic carbocycles. The van der Waals surface area contributed by atoms with Crippen molar-refractivity contribution < 1.29 is 19.4 Å². The zero-order valence-electron chi connectivity index (χ0n) is 16.1. The van der Waals surface area contributed by atoms with Crippen molar-refractivity contribution in [2.75, 3.05) is 19.8 Å². The first-order chi connectivity index (χ1) is 11.8. The van der Waals surface area contributed by atoms with Crippen LogP contribution < -0.4 is 5.32 Å². The molecule has 1 heterocycles. The molecule has 5 nitrogen and oxygen atoms in total. The van der Waals surface area contributed by atoms with Crippen LogP contribution in [0.4, 0.5) is 0 Å². The lowest BCUT2D eigenvalue weighted by molar-refractivity contribution is -0.154. The standard InChI is InChI=1S/C20H35NO4/c1-4-19(2,3)16-7-5-15(6-8-16)13-17(22)21-14-20(18(23)24)9-11-25-12-10-20/h15-16H,4-14H2,1-3H3,(H,21,22)(H,23,24). The van der Waals surface area contributed by atoms with Crippen molar-refractivity contribution >= 4 is 11.9 Å². The molecule has 0 unspecified atom stereocenters. The van der Waals surface area contributed by atoms with Gasteiger partial charge in [-0.2, -0.15) is 0 Å². The van der Waals surface area contributed by atoms with Crippen LogP contribution in [0.5, 0.6) is 0 Å². The maximum absolute atomic E-state index is 12.3. The summed E-state index contributed by atoms with van der Waals surface area (Å²) >= 11 is 0. The van der Waals surface area contributed by atoms with Gasteiger partial charge < -0.3 is 15.2 Å². The second-order valence-corrected chi connectivity index (χ2v) is 8.74. The molecule has 2 aliphatic rings. The van der Waals surface area contributed by atoms with E-state index in [9.17, 15) is 14.7 Å². The Morgan fingerprint density at radius 1 is 1.16 bits per heavy atom. The van der Waals surface area contributed by atoms with Crippen LogP contribution >= 0.6 is 0 Å². The first-order valence-electron chi connectivity index (χ1n) is 9.87.